The van der Waals surface area contributed by atoms with Gasteiger partial charge in [-0.15, -0.1) is 0 Å². The highest BCUT2D eigenvalue weighted by Crippen LogP contribution is 2.47. The Morgan fingerprint density at radius 3 is 1.52 bits per heavy atom. The van der Waals surface area contributed by atoms with Crippen molar-refractivity contribution in [1.29, 1.82) is 0 Å². The van der Waals surface area contributed by atoms with Gasteiger partial charge in [0.25, 0.3) is 0 Å². The van der Waals surface area contributed by atoms with Crippen molar-refractivity contribution in [3.63, 3.8) is 0 Å². The summed E-state index contributed by atoms with van der Waals surface area (Å²) in [4.78, 5) is 0.178. The number of aryl methyl sites for hydroxylation is 1. The molecule has 0 radical (unpaired) electrons. The van der Waals surface area contributed by atoms with Gasteiger partial charge in [-0.3, -0.25) is 0 Å². The highest BCUT2D eigenvalue weighted by molar-refractivity contribution is 7.91. The fraction of sp³-hybridized carbons (Fsp3) is 0.111. The van der Waals surface area contributed by atoms with Crippen LogP contribution < -0.4 is 0 Å². The second kappa shape index (κ2) is 8.50. The highest BCUT2D eigenvalue weighted by atomic mass is 32.2. The molecular formula is C27H24O3S. The van der Waals surface area contributed by atoms with Gasteiger partial charge in [0.15, 0.2) is 9.84 Å². The predicted octanol–water partition coefficient (Wildman–Crippen LogP) is 5.45. The van der Waals surface area contributed by atoms with Gasteiger partial charge in [0, 0.05) is 0 Å². The van der Waals surface area contributed by atoms with Crippen molar-refractivity contribution < 1.29 is 13.5 Å². The molecular weight excluding hydrogens is 404 g/mol. The van der Waals surface area contributed by atoms with E-state index in [9.17, 15) is 13.5 Å². The number of aliphatic hydroxyl groups is 1. The number of hydrogen-bond acceptors (Lipinski definition) is 3. The molecule has 0 amide bonds. The van der Waals surface area contributed by atoms with E-state index in [1.54, 1.807) is 72.8 Å². The standard InChI is InChI=1S/C27H24O3S/c1-21-17-19-25(20-18-21)31(29,30)26(22-11-5-2-6-12-22)27(28,23-13-7-3-8-14-23)24-15-9-4-10-16-24/h2-20,26,28H,1H3. The lowest BCUT2D eigenvalue weighted by molar-refractivity contribution is 0.0746. The summed E-state index contributed by atoms with van der Waals surface area (Å²) in [5.74, 6) is 0. The van der Waals surface area contributed by atoms with Crippen molar-refractivity contribution in [1.82, 2.24) is 0 Å². The molecule has 4 rings (SSSR count). The van der Waals surface area contributed by atoms with E-state index in [1.165, 1.54) is 0 Å². The van der Waals surface area contributed by atoms with Gasteiger partial charge >= 0.3 is 0 Å². The Hall–Kier alpha value is -3.21. The van der Waals surface area contributed by atoms with Crippen LogP contribution in [0.4, 0.5) is 0 Å². The molecule has 0 fully saturated rings. The molecule has 0 aliphatic carbocycles. The van der Waals surface area contributed by atoms with E-state index in [4.69, 9.17) is 0 Å². The first-order chi connectivity index (χ1) is 14.9. The van der Waals surface area contributed by atoms with E-state index in [2.05, 4.69) is 0 Å². The number of sulfone groups is 1. The van der Waals surface area contributed by atoms with Crippen molar-refractivity contribution in [2.45, 2.75) is 22.7 Å². The number of hydrogen-bond donors (Lipinski definition) is 1. The third-order valence-corrected chi connectivity index (χ3v) is 7.73. The van der Waals surface area contributed by atoms with Crippen molar-refractivity contribution in [2.75, 3.05) is 0 Å². The number of benzene rings is 4. The van der Waals surface area contributed by atoms with Crippen LogP contribution >= 0.6 is 0 Å². The average molecular weight is 429 g/mol. The van der Waals surface area contributed by atoms with E-state index in [0.717, 1.165) is 5.56 Å². The third-order valence-electron chi connectivity index (χ3n) is 5.57. The number of rotatable bonds is 6. The third kappa shape index (κ3) is 3.92. The zero-order valence-electron chi connectivity index (χ0n) is 17.2. The lowest BCUT2D eigenvalue weighted by Gasteiger charge is -2.37. The molecule has 1 atom stereocenters. The fourth-order valence-corrected chi connectivity index (χ4v) is 6.01. The summed E-state index contributed by atoms with van der Waals surface area (Å²) < 4.78 is 28.2. The monoisotopic (exact) mass is 428 g/mol. The maximum atomic E-state index is 14.1. The van der Waals surface area contributed by atoms with Crippen molar-refractivity contribution in [3.8, 4) is 0 Å². The minimum Gasteiger partial charge on any atom is -0.379 e. The Kier molecular flexibility index (Phi) is 5.77. The topological polar surface area (TPSA) is 54.4 Å². The van der Waals surface area contributed by atoms with Crippen molar-refractivity contribution in [3.05, 3.63) is 138 Å². The van der Waals surface area contributed by atoms with Crippen molar-refractivity contribution in [2.24, 2.45) is 0 Å². The molecule has 0 aliphatic rings. The SMILES string of the molecule is Cc1ccc(S(=O)(=O)C(c2ccccc2)C(O)(c2ccccc2)c2ccccc2)cc1. The van der Waals surface area contributed by atoms with Crippen LogP contribution in [0.1, 0.15) is 27.5 Å². The summed E-state index contributed by atoms with van der Waals surface area (Å²) in [7, 11) is -3.97. The largest absolute Gasteiger partial charge is 0.379 e. The maximum absolute atomic E-state index is 14.1. The molecule has 3 nitrogen and oxygen atoms in total. The molecule has 0 spiro atoms. The van der Waals surface area contributed by atoms with Gasteiger partial charge in [-0.1, -0.05) is 109 Å². The smallest absolute Gasteiger partial charge is 0.188 e. The quantitative estimate of drug-likeness (QED) is 0.445. The Morgan fingerprint density at radius 1 is 0.645 bits per heavy atom. The van der Waals surface area contributed by atoms with Crippen LogP contribution in [-0.4, -0.2) is 13.5 Å². The van der Waals surface area contributed by atoms with Gasteiger partial charge in [0.1, 0.15) is 10.9 Å². The van der Waals surface area contributed by atoms with Crippen LogP contribution in [0.5, 0.6) is 0 Å². The van der Waals surface area contributed by atoms with E-state index in [0.29, 0.717) is 16.7 Å². The molecule has 4 heteroatoms. The molecule has 0 saturated heterocycles. The molecule has 0 aliphatic heterocycles. The van der Waals surface area contributed by atoms with Crippen LogP contribution in [0.2, 0.25) is 0 Å². The zero-order valence-corrected chi connectivity index (χ0v) is 18.0. The lowest BCUT2D eigenvalue weighted by Crippen LogP contribution is -2.39. The van der Waals surface area contributed by atoms with Crippen LogP contribution in [-0.2, 0) is 15.4 Å². The second-order valence-corrected chi connectivity index (χ2v) is 9.68. The predicted molar refractivity (Wildman–Crippen MR) is 123 cm³/mol. The second-order valence-electron chi connectivity index (χ2n) is 7.65. The molecule has 156 valence electrons. The molecule has 0 aromatic heterocycles. The molecule has 0 saturated carbocycles. The van der Waals surface area contributed by atoms with E-state index in [1.807, 2.05) is 49.4 Å². The fourth-order valence-electron chi connectivity index (χ4n) is 3.99. The van der Waals surface area contributed by atoms with Gasteiger partial charge in [-0.05, 0) is 35.7 Å². The summed E-state index contributed by atoms with van der Waals surface area (Å²) >= 11 is 0. The summed E-state index contributed by atoms with van der Waals surface area (Å²) in [6.45, 7) is 1.91. The Bertz CT molecular complexity index is 1190. The van der Waals surface area contributed by atoms with E-state index < -0.39 is 20.7 Å². The molecule has 4 aromatic rings. The molecule has 31 heavy (non-hydrogen) atoms. The Morgan fingerprint density at radius 2 is 1.06 bits per heavy atom. The van der Waals surface area contributed by atoms with Gasteiger partial charge in [-0.25, -0.2) is 8.42 Å². The van der Waals surface area contributed by atoms with Crippen molar-refractivity contribution >= 4 is 9.84 Å². The van der Waals surface area contributed by atoms with Crippen LogP contribution in [0.3, 0.4) is 0 Å². The molecule has 0 bridgehead atoms. The van der Waals surface area contributed by atoms with E-state index >= 15 is 0 Å². The maximum Gasteiger partial charge on any atom is 0.188 e. The first-order valence-corrected chi connectivity index (χ1v) is 11.7. The molecule has 0 heterocycles. The van der Waals surface area contributed by atoms with Gasteiger partial charge in [0.05, 0.1) is 4.90 Å². The minimum absolute atomic E-state index is 0.178. The van der Waals surface area contributed by atoms with Crippen LogP contribution in [0, 0.1) is 6.92 Å². The van der Waals surface area contributed by atoms with Crippen LogP contribution in [0.25, 0.3) is 0 Å². The summed E-state index contributed by atoms with van der Waals surface area (Å²) in [5.41, 5.74) is 0.736. The molecule has 4 aromatic carbocycles. The van der Waals surface area contributed by atoms with Gasteiger partial charge in [-0.2, -0.15) is 0 Å². The summed E-state index contributed by atoms with van der Waals surface area (Å²) in [6.07, 6.45) is 0. The lowest BCUT2D eigenvalue weighted by atomic mass is 9.81. The first kappa shape index (κ1) is 21.0. The average Bonchev–Trinajstić information content (AvgIpc) is 2.81. The Labute approximate surface area is 183 Å². The molecule has 1 N–H and O–H groups in total. The minimum atomic E-state index is -3.97. The Balaban J connectivity index is 2.04. The zero-order chi connectivity index (χ0) is 21.9. The van der Waals surface area contributed by atoms with Crippen LogP contribution in [0.15, 0.2) is 120 Å². The molecule has 1 unspecified atom stereocenters. The summed E-state index contributed by atoms with van der Waals surface area (Å²) in [5, 5.41) is 11.1. The van der Waals surface area contributed by atoms with E-state index in [-0.39, 0.29) is 4.90 Å². The first-order valence-electron chi connectivity index (χ1n) is 10.1. The summed E-state index contributed by atoms with van der Waals surface area (Å²) in [6, 6.07) is 33.7. The van der Waals surface area contributed by atoms with Gasteiger partial charge in [0.2, 0.25) is 0 Å². The van der Waals surface area contributed by atoms with Gasteiger partial charge < -0.3 is 5.11 Å². The normalized spacial score (nSPS) is 13.0. The highest BCUT2D eigenvalue weighted by Gasteiger charge is 2.49.